The Morgan fingerprint density at radius 2 is 1.60 bits per heavy atom. The number of hydrogen-bond donors (Lipinski definition) is 2. The molecule has 1 fully saturated rings. The molecule has 1 aliphatic carbocycles. The fraction of sp³-hybridized carbons (Fsp3) is 0.412. The molecule has 0 saturated heterocycles. The molecule has 2 N–H and O–H groups in total. The maximum Gasteiger partial charge on any atom is 0.248 e. The molecular weight excluding hydrogens is 528 g/mol. The van der Waals surface area contributed by atoms with E-state index in [9.17, 15) is 14.4 Å². The summed E-state index contributed by atoms with van der Waals surface area (Å²) in [5.74, 6) is 0.825. The van der Waals surface area contributed by atoms with Crippen molar-refractivity contribution in [1.82, 2.24) is 10.3 Å². The average Bonchev–Trinajstić information content (AvgIpc) is 3.01. The summed E-state index contributed by atoms with van der Waals surface area (Å²) in [6.07, 6.45) is 7.41. The zero-order valence-corrected chi connectivity index (χ0v) is 24.8. The smallest absolute Gasteiger partial charge is 0.248 e. The van der Waals surface area contributed by atoms with Gasteiger partial charge in [-0.3, -0.25) is 19.3 Å². The molecule has 0 unspecified atom stereocenters. The number of benzene rings is 2. The van der Waals surface area contributed by atoms with E-state index in [0.29, 0.717) is 35.2 Å². The molecule has 1 saturated carbocycles. The molecule has 8 nitrogen and oxygen atoms in total. The van der Waals surface area contributed by atoms with Crippen LogP contribution >= 0.6 is 0 Å². The third-order valence-electron chi connectivity index (χ3n) is 7.72. The first-order valence-corrected chi connectivity index (χ1v) is 14.9. The summed E-state index contributed by atoms with van der Waals surface area (Å²) < 4.78 is 5.35. The number of amides is 3. The molecule has 2 aromatic carbocycles. The number of carbonyl (C=O) groups is 3. The summed E-state index contributed by atoms with van der Waals surface area (Å²) in [6, 6.07) is 19.6. The maximum absolute atomic E-state index is 14.0. The lowest BCUT2D eigenvalue weighted by molar-refractivity contribution is -0.127. The van der Waals surface area contributed by atoms with Gasteiger partial charge in [0.1, 0.15) is 17.6 Å². The number of hydrogen-bond acceptors (Lipinski definition) is 5. The van der Waals surface area contributed by atoms with Crippen LogP contribution in [0, 0.1) is 0 Å². The van der Waals surface area contributed by atoms with Crippen LogP contribution in [0.3, 0.4) is 0 Å². The van der Waals surface area contributed by atoms with Crippen LogP contribution in [0.1, 0.15) is 88.3 Å². The Hall–Kier alpha value is -4.20. The van der Waals surface area contributed by atoms with Gasteiger partial charge < -0.3 is 15.4 Å². The minimum Gasteiger partial charge on any atom is -0.497 e. The first kappa shape index (κ1) is 30.8. The lowest BCUT2D eigenvalue weighted by Crippen LogP contribution is -2.47. The van der Waals surface area contributed by atoms with E-state index in [0.717, 1.165) is 31.2 Å². The van der Waals surface area contributed by atoms with E-state index in [1.165, 1.54) is 6.42 Å². The number of nitrogens with one attached hydrogen (secondary N) is 2. The maximum atomic E-state index is 14.0. The second-order valence-corrected chi connectivity index (χ2v) is 11.1. The Morgan fingerprint density at radius 1 is 0.905 bits per heavy atom. The van der Waals surface area contributed by atoms with E-state index in [2.05, 4.69) is 29.5 Å². The highest BCUT2D eigenvalue weighted by molar-refractivity contribution is 6.01. The second kappa shape index (κ2) is 15.1. The number of anilines is 2. The Balaban J connectivity index is 1.61. The van der Waals surface area contributed by atoms with Gasteiger partial charge in [-0.2, -0.15) is 0 Å². The summed E-state index contributed by atoms with van der Waals surface area (Å²) in [5, 5.41) is 6.01. The molecule has 1 aromatic heterocycles. The predicted octanol–water partition coefficient (Wildman–Crippen LogP) is 6.55. The molecule has 42 heavy (non-hydrogen) atoms. The number of methoxy groups -OCH3 is 1. The standard InChI is InChI=1S/C34H42N4O4/c1-24(2)25-15-19-28(20-16-25)38(32(40)14-9-13-31(39)37-30-12-7-8-23-35-30)33(26-17-21-29(42-3)22-18-26)34(41)36-27-10-5-4-6-11-27/h7-8,12,15-24,27,33H,4-6,9-11,13-14H2,1-3H3,(H,36,41)(H,35,37,39)/t33-/m1/s1. The molecule has 0 bridgehead atoms. The highest BCUT2D eigenvalue weighted by Gasteiger charge is 2.34. The van der Waals surface area contributed by atoms with Crippen LogP contribution in [0.15, 0.2) is 72.9 Å². The monoisotopic (exact) mass is 570 g/mol. The van der Waals surface area contributed by atoms with Crippen LogP contribution in [0.2, 0.25) is 0 Å². The van der Waals surface area contributed by atoms with Crippen molar-refractivity contribution in [3.8, 4) is 5.75 Å². The summed E-state index contributed by atoms with van der Waals surface area (Å²) in [6.45, 7) is 4.23. The van der Waals surface area contributed by atoms with E-state index in [4.69, 9.17) is 4.74 Å². The molecule has 1 aliphatic rings. The molecule has 3 amide bonds. The summed E-state index contributed by atoms with van der Waals surface area (Å²) in [4.78, 5) is 46.3. The van der Waals surface area contributed by atoms with Crippen LogP contribution in [-0.4, -0.2) is 35.9 Å². The minimum atomic E-state index is -0.877. The van der Waals surface area contributed by atoms with Gasteiger partial charge in [0, 0.05) is 30.8 Å². The van der Waals surface area contributed by atoms with Gasteiger partial charge in [0.25, 0.3) is 0 Å². The third-order valence-corrected chi connectivity index (χ3v) is 7.72. The predicted molar refractivity (Wildman–Crippen MR) is 165 cm³/mol. The van der Waals surface area contributed by atoms with Crippen LogP contribution in [0.5, 0.6) is 5.75 Å². The van der Waals surface area contributed by atoms with Crippen molar-refractivity contribution in [3.63, 3.8) is 0 Å². The molecular formula is C34H42N4O4. The van der Waals surface area contributed by atoms with E-state index in [1.807, 2.05) is 48.5 Å². The van der Waals surface area contributed by atoms with Crippen molar-refractivity contribution < 1.29 is 19.1 Å². The lowest BCUT2D eigenvalue weighted by atomic mass is 9.94. The fourth-order valence-corrected chi connectivity index (χ4v) is 5.35. The van der Waals surface area contributed by atoms with Crippen molar-refractivity contribution >= 4 is 29.2 Å². The van der Waals surface area contributed by atoms with Crippen molar-refractivity contribution in [3.05, 3.63) is 84.1 Å². The van der Waals surface area contributed by atoms with Gasteiger partial charge >= 0.3 is 0 Å². The van der Waals surface area contributed by atoms with Crippen molar-refractivity contribution in [2.75, 3.05) is 17.3 Å². The van der Waals surface area contributed by atoms with Crippen molar-refractivity contribution in [1.29, 1.82) is 0 Å². The number of ether oxygens (including phenoxy) is 1. The van der Waals surface area contributed by atoms with Crippen LogP contribution in [-0.2, 0) is 14.4 Å². The third kappa shape index (κ3) is 8.41. The van der Waals surface area contributed by atoms with Gasteiger partial charge in [0.15, 0.2) is 0 Å². The number of rotatable bonds is 12. The van der Waals surface area contributed by atoms with Crippen LogP contribution in [0.25, 0.3) is 0 Å². The highest BCUT2D eigenvalue weighted by Crippen LogP contribution is 2.32. The summed E-state index contributed by atoms with van der Waals surface area (Å²) >= 11 is 0. The Morgan fingerprint density at radius 3 is 2.21 bits per heavy atom. The molecule has 0 spiro atoms. The minimum absolute atomic E-state index is 0.0857. The van der Waals surface area contributed by atoms with E-state index in [1.54, 1.807) is 36.4 Å². The van der Waals surface area contributed by atoms with Crippen molar-refractivity contribution in [2.24, 2.45) is 0 Å². The van der Waals surface area contributed by atoms with Gasteiger partial charge in [0.05, 0.1) is 7.11 Å². The number of carbonyl (C=O) groups excluding carboxylic acids is 3. The number of aromatic nitrogens is 1. The normalized spacial score (nSPS) is 14.2. The summed E-state index contributed by atoms with van der Waals surface area (Å²) in [5.41, 5.74) is 2.48. The van der Waals surface area contributed by atoms with E-state index in [-0.39, 0.29) is 36.6 Å². The lowest BCUT2D eigenvalue weighted by Gasteiger charge is -2.34. The average molecular weight is 571 g/mol. The SMILES string of the molecule is COc1ccc([C@H](C(=O)NC2CCCCC2)N(C(=O)CCCC(=O)Nc2ccccn2)c2ccc(C(C)C)cc2)cc1. The van der Waals surface area contributed by atoms with E-state index >= 15 is 0 Å². The molecule has 1 atom stereocenters. The zero-order valence-electron chi connectivity index (χ0n) is 24.8. The highest BCUT2D eigenvalue weighted by atomic mass is 16.5. The first-order valence-electron chi connectivity index (χ1n) is 14.9. The summed E-state index contributed by atoms with van der Waals surface area (Å²) in [7, 11) is 1.60. The quantitative estimate of drug-likeness (QED) is 0.257. The molecule has 222 valence electrons. The number of nitrogens with zero attached hydrogens (tertiary/aromatic N) is 2. The largest absolute Gasteiger partial charge is 0.497 e. The van der Waals surface area contributed by atoms with Gasteiger partial charge in [0.2, 0.25) is 17.7 Å². The Kier molecular flexibility index (Phi) is 11.1. The van der Waals surface area contributed by atoms with Crippen LogP contribution in [0.4, 0.5) is 11.5 Å². The second-order valence-electron chi connectivity index (χ2n) is 11.1. The van der Waals surface area contributed by atoms with Gasteiger partial charge in [-0.25, -0.2) is 4.98 Å². The van der Waals surface area contributed by atoms with Crippen LogP contribution < -0.4 is 20.3 Å². The number of pyridine rings is 1. The topological polar surface area (TPSA) is 101 Å². The molecule has 8 heteroatoms. The Bertz CT molecular complexity index is 1300. The molecule has 0 aliphatic heterocycles. The van der Waals surface area contributed by atoms with E-state index < -0.39 is 6.04 Å². The molecule has 3 aromatic rings. The first-order chi connectivity index (χ1) is 20.4. The Labute approximate surface area is 248 Å². The van der Waals surface area contributed by atoms with Crippen molar-refractivity contribution in [2.45, 2.75) is 83.2 Å². The molecule has 0 radical (unpaired) electrons. The molecule has 4 rings (SSSR count). The zero-order chi connectivity index (χ0) is 29.9. The fourth-order valence-electron chi connectivity index (χ4n) is 5.35. The molecule has 1 heterocycles. The van der Waals surface area contributed by atoms with Gasteiger partial charge in [-0.1, -0.05) is 63.4 Å². The van der Waals surface area contributed by atoms with Gasteiger partial charge in [-0.05, 0) is 72.7 Å². The van der Waals surface area contributed by atoms with Gasteiger partial charge in [-0.15, -0.1) is 0 Å².